The van der Waals surface area contributed by atoms with E-state index >= 15 is 0 Å². The SMILES string of the molecule is COc1ccc(C(=O)N(CC(=O)Nc2ccon2)C2CCCCC2)cc1. The van der Waals surface area contributed by atoms with E-state index in [1.165, 1.54) is 12.7 Å². The summed E-state index contributed by atoms with van der Waals surface area (Å²) in [5.74, 6) is 0.603. The van der Waals surface area contributed by atoms with Crippen molar-refractivity contribution in [2.24, 2.45) is 0 Å². The van der Waals surface area contributed by atoms with Gasteiger partial charge in [-0.3, -0.25) is 9.59 Å². The summed E-state index contributed by atoms with van der Waals surface area (Å²) < 4.78 is 9.86. The minimum Gasteiger partial charge on any atom is -0.497 e. The fourth-order valence-corrected chi connectivity index (χ4v) is 3.27. The molecule has 1 aromatic carbocycles. The topological polar surface area (TPSA) is 84.7 Å². The van der Waals surface area contributed by atoms with E-state index in [1.807, 2.05) is 0 Å². The first-order chi connectivity index (χ1) is 12.7. The van der Waals surface area contributed by atoms with Gasteiger partial charge in [0.25, 0.3) is 5.91 Å². The average Bonchev–Trinajstić information content (AvgIpc) is 3.19. The van der Waals surface area contributed by atoms with Crippen molar-refractivity contribution in [3.05, 3.63) is 42.2 Å². The molecule has 138 valence electrons. The highest BCUT2D eigenvalue weighted by Crippen LogP contribution is 2.24. The summed E-state index contributed by atoms with van der Waals surface area (Å²) in [6.07, 6.45) is 6.53. The second kappa shape index (κ2) is 8.51. The van der Waals surface area contributed by atoms with E-state index in [-0.39, 0.29) is 24.4 Å². The van der Waals surface area contributed by atoms with E-state index in [9.17, 15) is 9.59 Å². The van der Waals surface area contributed by atoms with Crippen molar-refractivity contribution in [1.82, 2.24) is 10.1 Å². The van der Waals surface area contributed by atoms with Gasteiger partial charge in [-0.05, 0) is 37.1 Å². The molecule has 0 radical (unpaired) electrons. The largest absolute Gasteiger partial charge is 0.497 e. The Bertz CT molecular complexity index is 722. The van der Waals surface area contributed by atoms with E-state index in [2.05, 4.69) is 10.5 Å². The van der Waals surface area contributed by atoms with E-state index in [4.69, 9.17) is 9.26 Å². The second-order valence-corrected chi connectivity index (χ2v) is 6.39. The molecule has 1 N–H and O–H groups in total. The maximum atomic E-state index is 13.1. The Morgan fingerprint density at radius 3 is 2.54 bits per heavy atom. The molecular formula is C19H23N3O4. The molecule has 2 amide bonds. The van der Waals surface area contributed by atoms with Crippen LogP contribution in [-0.4, -0.2) is 41.6 Å². The Morgan fingerprint density at radius 1 is 1.19 bits per heavy atom. The quantitative estimate of drug-likeness (QED) is 0.859. The smallest absolute Gasteiger partial charge is 0.254 e. The molecule has 0 spiro atoms. The van der Waals surface area contributed by atoms with Crippen LogP contribution in [0.5, 0.6) is 5.75 Å². The molecule has 3 rings (SSSR count). The third-order valence-corrected chi connectivity index (χ3v) is 4.63. The minimum absolute atomic E-state index is 0.0115. The summed E-state index contributed by atoms with van der Waals surface area (Å²) in [5.41, 5.74) is 0.547. The first-order valence-corrected chi connectivity index (χ1v) is 8.82. The minimum atomic E-state index is -0.286. The molecule has 1 aliphatic rings. The molecule has 1 saturated carbocycles. The molecular weight excluding hydrogens is 334 g/mol. The number of ether oxygens (including phenoxy) is 1. The van der Waals surface area contributed by atoms with Gasteiger partial charge in [0.15, 0.2) is 5.82 Å². The molecule has 0 aliphatic heterocycles. The number of hydrogen-bond donors (Lipinski definition) is 1. The Hall–Kier alpha value is -2.83. The lowest BCUT2D eigenvalue weighted by Crippen LogP contribution is -2.45. The number of aromatic nitrogens is 1. The first kappa shape index (κ1) is 18.0. The number of hydrogen-bond acceptors (Lipinski definition) is 5. The zero-order chi connectivity index (χ0) is 18.4. The molecule has 0 atom stereocenters. The van der Waals surface area contributed by atoms with Gasteiger partial charge in [-0.15, -0.1) is 0 Å². The molecule has 0 saturated heterocycles. The lowest BCUT2D eigenvalue weighted by Gasteiger charge is -2.34. The van der Waals surface area contributed by atoms with E-state index in [1.54, 1.807) is 42.3 Å². The number of carbonyl (C=O) groups excluding carboxylic acids is 2. The van der Waals surface area contributed by atoms with Crippen molar-refractivity contribution in [3.8, 4) is 5.75 Å². The highest BCUT2D eigenvalue weighted by atomic mass is 16.5. The predicted octanol–water partition coefficient (Wildman–Crippen LogP) is 3.10. The van der Waals surface area contributed by atoms with Gasteiger partial charge in [0.1, 0.15) is 18.6 Å². The number of anilines is 1. The van der Waals surface area contributed by atoms with Crippen molar-refractivity contribution in [2.75, 3.05) is 19.0 Å². The number of nitrogens with one attached hydrogen (secondary N) is 1. The Labute approximate surface area is 152 Å². The number of carbonyl (C=O) groups is 2. The average molecular weight is 357 g/mol. The molecule has 0 bridgehead atoms. The van der Waals surface area contributed by atoms with Gasteiger partial charge >= 0.3 is 0 Å². The van der Waals surface area contributed by atoms with Crippen LogP contribution in [0.15, 0.2) is 41.1 Å². The summed E-state index contributed by atoms with van der Waals surface area (Å²) >= 11 is 0. The van der Waals surface area contributed by atoms with Gasteiger partial charge in [-0.1, -0.05) is 24.4 Å². The summed E-state index contributed by atoms with van der Waals surface area (Å²) in [7, 11) is 1.58. The van der Waals surface area contributed by atoms with Crippen LogP contribution in [-0.2, 0) is 4.79 Å². The normalized spacial score (nSPS) is 14.7. The molecule has 2 aromatic rings. The molecule has 7 heteroatoms. The van der Waals surface area contributed by atoms with Crippen molar-refractivity contribution in [3.63, 3.8) is 0 Å². The third kappa shape index (κ3) is 4.41. The Morgan fingerprint density at radius 2 is 1.92 bits per heavy atom. The van der Waals surface area contributed by atoms with Crippen LogP contribution < -0.4 is 10.1 Å². The Kier molecular flexibility index (Phi) is 5.88. The van der Waals surface area contributed by atoms with Crippen molar-refractivity contribution in [2.45, 2.75) is 38.1 Å². The Balaban J connectivity index is 1.75. The van der Waals surface area contributed by atoms with Crippen LogP contribution in [0.2, 0.25) is 0 Å². The van der Waals surface area contributed by atoms with Crippen molar-refractivity contribution >= 4 is 17.6 Å². The zero-order valence-electron chi connectivity index (χ0n) is 14.8. The van der Waals surface area contributed by atoms with Crippen LogP contribution in [0.1, 0.15) is 42.5 Å². The van der Waals surface area contributed by atoms with Crippen LogP contribution in [0.3, 0.4) is 0 Å². The molecule has 1 heterocycles. The van der Waals surface area contributed by atoms with Crippen LogP contribution >= 0.6 is 0 Å². The predicted molar refractivity (Wildman–Crippen MR) is 96.0 cm³/mol. The fraction of sp³-hybridized carbons (Fsp3) is 0.421. The summed E-state index contributed by atoms with van der Waals surface area (Å²) in [4.78, 5) is 27.1. The van der Waals surface area contributed by atoms with E-state index < -0.39 is 0 Å². The van der Waals surface area contributed by atoms with Crippen molar-refractivity contribution in [1.29, 1.82) is 0 Å². The third-order valence-electron chi connectivity index (χ3n) is 4.63. The van der Waals surface area contributed by atoms with Gasteiger partial charge in [-0.2, -0.15) is 0 Å². The first-order valence-electron chi connectivity index (χ1n) is 8.82. The highest BCUT2D eigenvalue weighted by molar-refractivity contribution is 5.99. The molecule has 1 aliphatic carbocycles. The fourth-order valence-electron chi connectivity index (χ4n) is 3.27. The van der Waals surface area contributed by atoms with Crippen LogP contribution in [0.4, 0.5) is 5.82 Å². The highest BCUT2D eigenvalue weighted by Gasteiger charge is 2.28. The number of nitrogens with zero attached hydrogens (tertiary/aromatic N) is 2. The molecule has 7 nitrogen and oxygen atoms in total. The van der Waals surface area contributed by atoms with Gasteiger partial charge in [0, 0.05) is 17.7 Å². The lowest BCUT2D eigenvalue weighted by molar-refractivity contribution is -0.117. The van der Waals surface area contributed by atoms with Gasteiger partial charge < -0.3 is 19.5 Å². The standard InChI is InChI=1S/C19H23N3O4/c1-25-16-9-7-14(8-10-16)19(24)22(15-5-3-2-4-6-15)13-18(23)20-17-11-12-26-21-17/h7-12,15H,2-6,13H2,1H3,(H,20,21,23). The second-order valence-electron chi connectivity index (χ2n) is 6.39. The zero-order valence-corrected chi connectivity index (χ0v) is 14.8. The number of rotatable bonds is 6. The van der Waals surface area contributed by atoms with Gasteiger partial charge in [-0.25, -0.2) is 0 Å². The van der Waals surface area contributed by atoms with Gasteiger partial charge in [0.2, 0.25) is 5.91 Å². The van der Waals surface area contributed by atoms with E-state index in [0.717, 1.165) is 25.7 Å². The number of methoxy groups -OCH3 is 1. The van der Waals surface area contributed by atoms with Gasteiger partial charge in [0.05, 0.1) is 7.11 Å². The molecule has 1 fully saturated rings. The van der Waals surface area contributed by atoms with Crippen LogP contribution in [0, 0.1) is 0 Å². The maximum Gasteiger partial charge on any atom is 0.254 e. The molecule has 1 aromatic heterocycles. The van der Waals surface area contributed by atoms with Crippen molar-refractivity contribution < 1.29 is 18.8 Å². The monoisotopic (exact) mass is 357 g/mol. The number of amides is 2. The van der Waals surface area contributed by atoms with E-state index in [0.29, 0.717) is 17.1 Å². The summed E-state index contributed by atoms with van der Waals surface area (Å²) in [6, 6.07) is 8.60. The lowest BCUT2D eigenvalue weighted by atomic mass is 9.93. The molecule has 0 unspecified atom stereocenters. The summed E-state index contributed by atoms with van der Waals surface area (Å²) in [6.45, 7) is -0.0115. The maximum absolute atomic E-state index is 13.1. The summed E-state index contributed by atoms with van der Waals surface area (Å²) in [5, 5.41) is 6.33. The molecule has 26 heavy (non-hydrogen) atoms. The van der Waals surface area contributed by atoms with Crippen LogP contribution in [0.25, 0.3) is 0 Å². The number of benzene rings is 1.